The molecule has 0 aliphatic rings. The highest BCUT2D eigenvalue weighted by Crippen LogP contribution is 2.08. The van der Waals surface area contributed by atoms with Crippen LogP contribution in [-0.2, 0) is 0 Å². The minimum absolute atomic E-state index is 0.317. The van der Waals surface area contributed by atoms with Crippen molar-refractivity contribution in [3.05, 3.63) is 18.1 Å². The predicted octanol–water partition coefficient (Wildman–Crippen LogP) is -0.0968. The molecule has 1 aromatic heterocycles. The van der Waals surface area contributed by atoms with Crippen LogP contribution >= 0.6 is 0 Å². The fourth-order valence-corrected chi connectivity index (χ4v) is 0.657. The van der Waals surface area contributed by atoms with E-state index in [1.54, 1.807) is 0 Å². The molecule has 0 atom stereocenters. The minimum Gasteiger partial charge on any atom is -0.411 e. The van der Waals surface area contributed by atoms with E-state index >= 15 is 0 Å². The van der Waals surface area contributed by atoms with Gasteiger partial charge in [0.1, 0.15) is 5.69 Å². The molecule has 1 aromatic rings. The SMILES string of the molecule is NC=Nc1nccnc1/C=N/O. The van der Waals surface area contributed by atoms with Gasteiger partial charge in [0.15, 0.2) is 5.82 Å². The topological polar surface area (TPSA) is 96.8 Å². The lowest BCUT2D eigenvalue weighted by atomic mass is 10.4. The number of nitrogens with zero attached hydrogens (tertiary/aromatic N) is 4. The molecule has 0 aromatic carbocycles. The highest BCUT2D eigenvalue weighted by atomic mass is 16.4. The summed E-state index contributed by atoms with van der Waals surface area (Å²) in [6.07, 6.45) is 5.16. The van der Waals surface area contributed by atoms with E-state index in [-0.39, 0.29) is 0 Å². The van der Waals surface area contributed by atoms with Crippen molar-refractivity contribution in [2.75, 3.05) is 0 Å². The van der Waals surface area contributed by atoms with E-state index < -0.39 is 0 Å². The average molecular weight is 165 g/mol. The lowest BCUT2D eigenvalue weighted by Crippen LogP contribution is -1.93. The van der Waals surface area contributed by atoms with Gasteiger partial charge in [-0.15, -0.1) is 0 Å². The van der Waals surface area contributed by atoms with Gasteiger partial charge in [-0.2, -0.15) is 0 Å². The first-order valence-electron chi connectivity index (χ1n) is 3.11. The second-order valence-corrected chi connectivity index (χ2v) is 1.79. The zero-order valence-corrected chi connectivity index (χ0v) is 6.12. The van der Waals surface area contributed by atoms with Crippen LogP contribution in [0.15, 0.2) is 22.5 Å². The van der Waals surface area contributed by atoms with Crippen LogP contribution in [-0.4, -0.2) is 27.7 Å². The van der Waals surface area contributed by atoms with Gasteiger partial charge in [-0.05, 0) is 0 Å². The zero-order chi connectivity index (χ0) is 8.81. The van der Waals surface area contributed by atoms with E-state index in [0.717, 1.165) is 12.6 Å². The Morgan fingerprint density at radius 3 is 2.83 bits per heavy atom. The fourth-order valence-electron chi connectivity index (χ4n) is 0.657. The molecule has 0 radical (unpaired) electrons. The Labute approximate surface area is 68.5 Å². The molecule has 0 aliphatic heterocycles. The standard InChI is InChI=1S/C6H7N5O/c7-4-10-6-5(3-11-12)8-1-2-9-6/h1-4,12H,(H2,7,9,10)/b11-3+. The number of aromatic nitrogens is 2. The molecule has 3 N–H and O–H groups in total. The Kier molecular flexibility index (Phi) is 2.72. The summed E-state index contributed by atoms with van der Waals surface area (Å²) in [5, 5.41) is 11.0. The van der Waals surface area contributed by atoms with E-state index in [2.05, 4.69) is 20.1 Å². The molecular weight excluding hydrogens is 158 g/mol. The summed E-state index contributed by atoms with van der Waals surface area (Å²) in [6.45, 7) is 0. The van der Waals surface area contributed by atoms with Gasteiger partial charge in [0, 0.05) is 12.4 Å². The Morgan fingerprint density at radius 1 is 1.42 bits per heavy atom. The van der Waals surface area contributed by atoms with E-state index in [4.69, 9.17) is 10.9 Å². The lowest BCUT2D eigenvalue weighted by Gasteiger charge is -1.93. The third kappa shape index (κ3) is 1.75. The molecule has 0 aliphatic carbocycles. The Balaban J connectivity index is 3.08. The second kappa shape index (κ2) is 4.02. The van der Waals surface area contributed by atoms with Gasteiger partial charge in [-0.3, -0.25) is 0 Å². The Hall–Kier alpha value is -1.98. The third-order valence-corrected chi connectivity index (χ3v) is 1.08. The molecule has 1 rings (SSSR count). The highest BCUT2D eigenvalue weighted by Gasteiger charge is 1.98. The lowest BCUT2D eigenvalue weighted by molar-refractivity contribution is 0.321. The maximum Gasteiger partial charge on any atom is 0.181 e. The Bertz CT molecular complexity index is 278. The Morgan fingerprint density at radius 2 is 2.17 bits per heavy atom. The molecule has 1 heterocycles. The summed E-state index contributed by atoms with van der Waals surface area (Å²) >= 11 is 0. The summed E-state index contributed by atoms with van der Waals surface area (Å²) in [5.41, 5.74) is 5.42. The molecule has 0 saturated heterocycles. The van der Waals surface area contributed by atoms with Crippen LogP contribution in [0, 0.1) is 0 Å². The van der Waals surface area contributed by atoms with E-state index in [9.17, 15) is 0 Å². The molecule has 0 fully saturated rings. The van der Waals surface area contributed by atoms with Crippen molar-refractivity contribution in [3.8, 4) is 0 Å². The van der Waals surface area contributed by atoms with Crippen LogP contribution in [0.25, 0.3) is 0 Å². The van der Waals surface area contributed by atoms with Crippen LogP contribution in [0.5, 0.6) is 0 Å². The van der Waals surface area contributed by atoms with Gasteiger partial charge in [0.05, 0.1) is 12.6 Å². The van der Waals surface area contributed by atoms with Crippen molar-refractivity contribution in [2.45, 2.75) is 0 Å². The van der Waals surface area contributed by atoms with E-state index in [1.165, 1.54) is 12.4 Å². The summed E-state index contributed by atoms with van der Waals surface area (Å²) in [5.74, 6) is 0.317. The maximum absolute atomic E-state index is 8.23. The number of hydrogen-bond donors (Lipinski definition) is 2. The van der Waals surface area contributed by atoms with Crippen LogP contribution < -0.4 is 5.73 Å². The molecule has 12 heavy (non-hydrogen) atoms. The van der Waals surface area contributed by atoms with Crippen molar-refractivity contribution >= 4 is 18.4 Å². The summed E-state index contributed by atoms with van der Waals surface area (Å²) < 4.78 is 0. The van der Waals surface area contributed by atoms with Gasteiger partial charge in [-0.1, -0.05) is 5.16 Å². The summed E-state index contributed by atoms with van der Waals surface area (Å²) in [4.78, 5) is 11.4. The van der Waals surface area contributed by atoms with Crippen LogP contribution in [0.1, 0.15) is 5.69 Å². The summed E-state index contributed by atoms with van der Waals surface area (Å²) in [6, 6.07) is 0. The number of aliphatic imine (C=N–C) groups is 1. The molecule has 0 saturated carbocycles. The van der Waals surface area contributed by atoms with Crippen molar-refractivity contribution < 1.29 is 5.21 Å². The molecule has 6 heteroatoms. The van der Waals surface area contributed by atoms with E-state index in [1.807, 2.05) is 0 Å². The van der Waals surface area contributed by atoms with Crippen molar-refractivity contribution in [1.82, 2.24) is 9.97 Å². The van der Waals surface area contributed by atoms with Crippen LogP contribution in [0.2, 0.25) is 0 Å². The smallest absolute Gasteiger partial charge is 0.181 e. The quantitative estimate of drug-likeness (QED) is 0.277. The first-order chi connectivity index (χ1) is 5.88. The number of rotatable bonds is 2. The largest absolute Gasteiger partial charge is 0.411 e. The molecular formula is C6H7N5O. The van der Waals surface area contributed by atoms with Crippen LogP contribution in [0.3, 0.4) is 0 Å². The van der Waals surface area contributed by atoms with Crippen molar-refractivity contribution in [1.29, 1.82) is 0 Å². The van der Waals surface area contributed by atoms with Gasteiger partial charge in [0.25, 0.3) is 0 Å². The number of oxime groups is 1. The normalized spacial score (nSPS) is 11.3. The monoisotopic (exact) mass is 165 g/mol. The summed E-state index contributed by atoms with van der Waals surface area (Å²) in [7, 11) is 0. The molecule has 0 unspecified atom stereocenters. The predicted molar refractivity (Wildman–Crippen MR) is 43.8 cm³/mol. The number of hydrogen-bond acceptors (Lipinski definition) is 5. The molecule has 62 valence electrons. The second-order valence-electron chi connectivity index (χ2n) is 1.79. The van der Waals surface area contributed by atoms with Gasteiger partial charge in [0.2, 0.25) is 0 Å². The number of nitrogens with two attached hydrogens (primary N) is 1. The molecule has 0 spiro atoms. The minimum atomic E-state index is 0.317. The average Bonchev–Trinajstić information content (AvgIpc) is 2.09. The molecule has 6 nitrogen and oxygen atoms in total. The van der Waals surface area contributed by atoms with Crippen molar-refractivity contribution in [3.63, 3.8) is 0 Å². The third-order valence-electron chi connectivity index (χ3n) is 1.08. The zero-order valence-electron chi connectivity index (χ0n) is 6.12. The maximum atomic E-state index is 8.23. The van der Waals surface area contributed by atoms with Gasteiger partial charge < -0.3 is 10.9 Å². The molecule has 0 bridgehead atoms. The van der Waals surface area contributed by atoms with E-state index in [0.29, 0.717) is 11.5 Å². The first-order valence-corrected chi connectivity index (χ1v) is 3.11. The highest BCUT2D eigenvalue weighted by molar-refractivity contribution is 5.82. The van der Waals surface area contributed by atoms with Crippen LogP contribution in [0.4, 0.5) is 5.82 Å². The van der Waals surface area contributed by atoms with Crippen molar-refractivity contribution in [2.24, 2.45) is 15.9 Å². The fraction of sp³-hybridized carbons (Fsp3) is 0. The molecule has 0 amide bonds. The first kappa shape index (κ1) is 8.12. The van der Waals surface area contributed by atoms with Gasteiger partial charge in [-0.25, -0.2) is 15.0 Å². The van der Waals surface area contributed by atoms with Gasteiger partial charge >= 0.3 is 0 Å².